The second-order valence-electron chi connectivity index (χ2n) is 14.8. The van der Waals surface area contributed by atoms with Crippen LogP contribution < -0.4 is 5.32 Å². The van der Waals surface area contributed by atoms with Crippen molar-refractivity contribution < 1.29 is 24.2 Å². The Morgan fingerprint density at radius 1 is 0.800 bits per heavy atom. The number of hydrogen-bond donors (Lipinski definition) is 2. The number of piperidine rings is 2. The van der Waals surface area contributed by atoms with Crippen LogP contribution in [0.3, 0.4) is 0 Å². The minimum Gasteiger partial charge on any atom is -0.507 e. The number of anilines is 1. The third-order valence-corrected chi connectivity index (χ3v) is 11.5. The van der Waals surface area contributed by atoms with Crippen molar-refractivity contribution in [3.8, 4) is 5.75 Å². The molecule has 7 rings (SSSR count). The molecule has 11 heteroatoms. The molecule has 0 radical (unpaired) electrons. The van der Waals surface area contributed by atoms with Gasteiger partial charge in [-0.3, -0.25) is 14.6 Å². The van der Waals surface area contributed by atoms with E-state index in [1.54, 1.807) is 4.90 Å². The van der Waals surface area contributed by atoms with E-state index in [1.165, 1.54) is 12.8 Å². The Morgan fingerprint density at radius 3 is 1.98 bits per heavy atom. The summed E-state index contributed by atoms with van der Waals surface area (Å²) in [5, 5.41) is 13.4. The van der Waals surface area contributed by atoms with Crippen LogP contribution in [0.2, 0.25) is 0 Å². The summed E-state index contributed by atoms with van der Waals surface area (Å²) in [6.45, 7) is 11.0. The van der Waals surface area contributed by atoms with Crippen LogP contribution in [0, 0.1) is 13.8 Å². The molecular formula is C39H56N6O5. The van der Waals surface area contributed by atoms with Crippen LogP contribution in [-0.4, -0.2) is 131 Å². The number of fused-ring (bicyclic) bond motifs is 1. The molecule has 0 bridgehead atoms. The molecule has 2 aromatic carbocycles. The summed E-state index contributed by atoms with van der Waals surface area (Å²) in [5.74, 6) is 0.0953. The van der Waals surface area contributed by atoms with Crippen molar-refractivity contribution in [1.29, 1.82) is 0 Å². The highest BCUT2D eigenvalue weighted by Gasteiger charge is 2.38. The number of aryl methyl sites for hydroxylation is 2. The standard InChI is InChI=1S/C38H52N6O5.CH4/c1-26-23-28(24-27(2)35(26)45)25-34(36(46)42-14-10-31(11-15-42)41-21-19-40(20-22-41)30-7-8-30)49-38(48)43-16-12-32(13-17-43)44-18-9-29-5-3-4-6-33(29)39-37(44)47;/h3-6,23-24,30-32,34,45H,7-22,25H2,1-2H3,(H,39,47);1H4/t34-;/m1./s1. The maximum Gasteiger partial charge on any atom is 0.410 e. The third-order valence-electron chi connectivity index (χ3n) is 11.5. The molecule has 1 atom stereocenters. The smallest absolute Gasteiger partial charge is 0.410 e. The predicted molar refractivity (Wildman–Crippen MR) is 195 cm³/mol. The van der Waals surface area contributed by atoms with Gasteiger partial charge in [0.05, 0.1) is 0 Å². The van der Waals surface area contributed by atoms with Gasteiger partial charge in [-0.25, -0.2) is 9.59 Å². The van der Waals surface area contributed by atoms with E-state index in [0.29, 0.717) is 51.6 Å². The first kappa shape index (κ1) is 36.0. The van der Waals surface area contributed by atoms with Crippen LogP contribution in [0.5, 0.6) is 5.75 Å². The van der Waals surface area contributed by atoms with E-state index in [4.69, 9.17) is 4.74 Å². The number of ether oxygens (including phenoxy) is 1. The van der Waals surface area contributed by atoms with Gasteiger partial charge in [0.15, 0.2) is 6.10 Å². The van der Waals surface area contributed by atoms with Gasteiger partial charge in [0, 0.05) is 89.1 Å². The number of carbonyl (C=O) groups excluding carboxylic acids is 3. The molecule has 4 amide bonds. The van der Waals surface area contributed by atoms with Gasteiger partial charge in [-0.05, 0) is 87.1 Å². The number of piperazine rings is 1. The number of phenols is 1. The zero-order valence-corrected chi connectivity index (χ0v) is 29.1. The zero-order valence-electron chi connectivity index (χ0n) is 29.1. The number of carbonyl (C=O) groups is 3. The number of aromatic hydroxyl groups is 1. The summed E-state index contributed by atoms with van der Waals surface area (Å²) >= 11 is 0. The number of nitrogens with one attached hydrogen (secondary N) is 1. The summed E-state index contributed by atoms with van der Waals surface area (Å²) in [7, 11) is 0. The maximum absolute atomic E-state index is 14.1. The van der Waals surface area contributed by atoms with Crippen molar-refractivity contribution in [2.45, 2.75) is 96.9 Å². The molecule has 0 spiro atoms. The first-order chi connectivity index (χ1) is 23.7. The second kappa shape index (κ2) is 15.6. The number of nitrogens with zero attached hydrogens (tertiary/aromatic N) is 5. The number of hydrogen-bond acceptors (Lipinski definition) is 7. The Balaban J connectivity index is 0.00000432. The van der Waals surface area contributed by atoms with Crippen molar-refractivity contribution >= 4 is 23.7 Å². The molecule has 5 aliphatic rings. The predicted octanol–water partition coefficient (Wildman–Crippen LogP) is 5.02. The van der Waals surface area contributed by atoms with Gasteiger partial charge in [-0.2, -0.15) is 0 Å². The summed E-state index contributed by atoms with van der Waals surface area (Å²) in [5.41, 5.74) is 4.32. The number of likely N-dealkylation sites (tertiary alicyclic amines) is 2. The lowest BCUT2D eigenvalue weighted by molar-refractivity contribution is -0.142. The molecule has 0 aromatic heterocycles. The number of benzene rings is 2. The monoisotopic (exact) mass is 688 g/mol. The molecule has 2 N–H and O–H groups in total. The number of amides is 4. The summed E-state index contributed by atoms with van der Waals surface area (Å²) in [6, 6.07) is 12.9. The molecule has 4 heterocycles. The highest BCUT2D eigenvalue weighted by Crippen LogP contribution is 2.30. The first-order valence-electron chi connectivity index (χ1n) is 18.4. The van der Waals surface area contributed by atoms with E-state index < -0.39 is 12.2 Å². The molecule has 4 fully saturated rings. The van der Waals surface area contributed by atoms with Gasteiger partial charge < -0.3 is 29.9 Å². The van der Waals surface area contributed by atoms with Crippen molar-refractivity contribution in [2.24, 2.45) is 0 Å². The van der Waals surface area contributed by atoms with Gasteiger partial charge in [0.25, 0.3) is 5.91 Å². The molecule has 11 nitrogen and oxygen atoms in total. The highest BCUT2D eigenvalue weighted by molar-refractivity contribution is 5.91. The Morgan fingerprint density at radius 2 is 1.36 bits per heavy atom. The van der Waals surface area contributed by atoms with Gasteiger partial charge in [-0.1, -0.05) is 37.8 Å². The van der Waals surface area contributed by atoms with Crippen molar-refractivity contribution in [1.82, 2.24) is 24.5 Å². The molecule has 272 valence electrons. The van der Waals surface area contributed by atoms with E-state index in [9.17, 15) is 19.5 Å². The SMILES string of the molecule is C.Cc1cc(C[C@@H](OC(=O)N2CCC(N3CCc4ccccc4NC3=O)CC2)C(=O)N2CCC(N3CCN(C4CC4)CC3)CC2)cc(C)c1O. The largest absolute Gasteiger partial charge is 0.507 e. The van der Waals surface area contributed by atoms with Crippen molar-refractivity contribution in [3.05, 3.63) is 58.7 Å². The quantitative estimate of drug-likeness (QED) is 0.421. The Bertz CT molecular complexity index is 1500. The Hall–Kier alpha value is -3.83. The summed E-state index contributed by atoms with van der Waals surface area (Å²) in [6.07, 6.45) is 5.44. The normalized spacial score (nSPS) is 21.9. The molecule has 3 saturated heterocycles. The van der Waals surface area contributed by atoms with Gasteiger partial charge >= 0.3 is 12.1 Å². The zero-order chi connectivity index (χ0) is 34.1. The van der Waals surface area contributed by atoms with E-state index in [-0.39, 0.29) is 37.6 Å². The van der Waals surface area contributed by atoms with Gasteiger partial charge in [-0.15, -0.1) is 0 Å². The van der Waals surface area contributed by atoms with Crippen LogP contribution in [0.25, 0.3) is 0 Å². The lowest BCUT2D eigenvalue weighted by Gasteiger charge is -2.43. The third kappa shape index (κ3) is 8.04. The van der Waals surface area contributed by atoms with Crippen LogP contribution in [0.15, 0.2) is 36.4 Å². The van der Waals surface area contributed by atoms with Crippen LogP contribution in [0.4, 0.5) is 15.3 Å². The minimum atomic E-state index is -0.956. The van der Waals surface area contributed by atoms with E-state index in [2.05, 4.69) is 21.2 Å². The van der Waals surface area contributed by atoms with E-state index >= 15 is 0 Å². The molecule has 1 saturated carbocycles. The van der Waals surface area contributed by atoms with Crippen molar-refractivity contribution in [3.63, 3.8) is 0 Å². The number of urea groups is 1. The van der Waals surface area contributed by atoms with E-state index in [1.807, 2.05) is 54.0 Å². The topological polar surface area (TPSA) is 109 Å². The lowest BCUT2D eigenvalue weighted by atomic mass is 9.98. The maximum atomic E-state index is 14.1. The number of para-hydroxylation sites is 1. The van der Waals surface area contributed by atoms with Crippen LogP contribution in [0.1, 0.15) is 68.2 Å². The minimum absolute atomic E-state index is 0. The van der Waals surface area contributed by atoms with Crippen LogP contribution >= 0.6 is 0 Å². The fourth-order valence-corrected chi connectivity index (χ4v) is 8.41. The molecule has 4 aliphatic heterocycles. The fourth-order valence-electron chi connectivity index (χ4n) is 8.41. The van der Waals surface area contributed by atoms with Gasteiger partial charge in [0.1, 0.15) is 5.75 Å². The molecule has 50 heavy (non-hydrogen) atoms. The Kier molecular flexibility index (Phi) is 11.2. The summed E-state index contributed by atoms with van der Waals surface area (Å²) in [4.78, 5) is 51.6. The molecule has 1 aliphatic carbocycles. The first-order valence-corrected chi connectivity index (χ1v) is 18.4. The van der Waals surface area contributed by atoms with Crippen molar-refractivity contribution in [2.75, 3.05) is 64.2 Å². The highest BCUT2D eigenvalue weighted by atomic mass is 16.6. The lowest BCUT2D eigenvalue weighted by Crippen LogP contribution is -2.55. The van der Waals surface area contributed by atoms with Gasteiger partial charge in [0.2, 0.25) is 0 Å². The average Bonchev–Trinajstić information content (AvgIpc) is 3.98. The summed E-state index contributed by atoms with van der Waals surface area (Å²) < 4.78 is 6.09. The molecule has 0 unspecified atom stereocenters. The molecular weight excluding hydrogens is 632 g/mol. The number of rotatable bonds is 7. The average molecular weight is 689 g/mol. The van der Waals surface area contributed by atoms with E-state index in [0.717, 1.165) is 79.4 Å². The van der Waals surface area contributed by atoms with Crippen LogP contribution in [-0.2, 0) is 22.4 Å². The Labute approximate surface area is 297 Å². The number of phenolic OH excluding ortho intramolecular Hbond substituents is 1. The second-order valence-corrected chi connectivity index (χ2v) is 14.8. The molecule has 2 aromatic rings. The fraction of sp³-hybridized carbons (Fsp3) is 0.615.